The zero-order valence-corrected chi connectivity index (χ0v) is 19.5. The van der Waals surface area contributed by atoms with E-state index in [1.807, 2.05) is 32.9 Å². The number of hydrogen-bond donors (Lipinski definition) is 3. The van der Waals surface area contributed by atoms with Crippen LogP contribution in [0, 0.1) is 6.92 Å². The van der Waals surface area contributed by atoms with E-state index in [-0.39, 0.29) is 23.8 Å². The van der Waals surface area contributed by atoms with Gasteiger partial charge in [0.1, 0.15) is 23.7 Å². The van der Waals surface area contributed by atoms with E-state index in [0.717, 1.165) is 5.56 Å². The van der Waals surface area contributed by atoms with Crippen LogP contribution in [0.4, 0.5) is 5.69 Å². The summed E-state index contributed by atoms with van der Waals surface area (Å²) in [4.78, 5) is 28.9. The molecule has 174 valence electrons. The van der Waals surface area contributed by atoms with Crippen molar-refractivity contribution in [3.8, 4) is 11.5 Å². The summed E-state index contributed by atoms with van der Waals surface area (Å²) in [6.45, 7) is 7.42. The average molecular weight is 452 g/mol. The van der Waals surface area contributed by atoms with Gasteiger partial charge in [0.25, 0.3) is 5.91 Å². The molecule has 0 bridgehead atoms. The second kappa shape index (κ2) is 9.36. The SMILES string of the molecule is CCc1ccc2nc(C)c(C(=O)O)c(N)c2c1OCC(C)(C)NC(=O)c1ccc(OC)cc1. The number of pyridine rings is 1. The molecule has 0 radical (unpaired) electrons. The molecule has 1 aromatic heterocycles. The quantitative estimate of drug-likeness (QED) is 0.473. The summed E-state index contributed by atoms with van der Waals surface area (Å²) in [5.74, 6) is -0.238. The van der Waals surface area contributed by atoms with Crippen molar-refractivity contribution in [3.05, 3.63) is 58.8 Å². The van der Waals surface area contributed by atoms with Gasteiger partial charge in [-0.05, 0) is 63.1 Å². The summed E-state index contributed by atoms with van der Waals surface area (Å²) in [5.41, 5.74) is 7.91. The Morgan fingerprint density at radius 3 is 2.39 bits per heavy atom. The monoisotopic (exact) mass is 451 g/mol. The summed E-state index contributed by atoms with van der Waals surface area (Å²) >= 11 is 0. The van der Waals surface area contributed by atoms with Crippen LogP contribution in [0.25, 0.3) is 10.9 Å². The van der Waals surface area contributed by atoms with Crippen molar-refractivity contribution in [2.45, 2.75) is 39.7 Å². The number of nitrogens with two attached hydrogens (primary N) is 1. The van der Waals surface area contributed by atoms with Crippen LogP contribution < -0.4 is 20.5 Å². The van der Waals surface area contributed by atoms with E-state index in [0.29, 0.717) is 40.1 Å². The number of benzene rings is 2. The van der Waals surface area contributed by atoms with Gasteiger partial charge in [0.05, 0.1) is 34.9 Å². The minimum absolute atomic E-state index is 0.0346. The van der Waals surface area contributed by atoms with Crippen LogP contribution in [0.5, 0.6) is 11.5 Å². The normalized spacial score (nSPS) is 11.3. The van der Waals surface area contributed by atoms with Crippen molar-refractivity contribution in [3.63, 3.8) is 0 Å². The number of rotatable bonds is 8. The number of carbonyl (C=O) groups excluding carboxylic acids is 1. The molecule has 1 heterocycles. The third-order valence-electron chi connectivity index (χ3n) is 5.38. The van der Waals surface area contributed by atoms with Crippen molar-refractivity contribution in [2.24, 2.45) is 0 Å². The van der Waals surface area contributed by atoms with E-state index in [1.165, 1.54) is 0 Å². The molecule has 3 rings (SSSR count). The molecule has 0 saturated carbocycles. The smallest absolute Gasteiger partial charge is 0.339 e. The number of aromatic nitrogens is 1. The number of amides is 1. The van der Waals surface area contributed by atoms with Gasteiger partial charge in [0.2, 0.25) is 0 Å². The van der Waals surface area contributed by atoms with Gasteiger partial charge in [-0.2, -0.15) is 0 Å². The fourth-order valence-electron chi connectivity index (χ4n) is 3.65. The molecule has 8 heteroatoms. The maximum Gasteiger partial charge on any atom is 0.339 e. The zero-order valence-electron chi connectivity index (χ0n) is 19.5. The molecular weight excluding hydrogens is 422 g/mol. The number of hydrogen-bond acceptors (Lipinski definition) is 6. The van der Waals surface area contributed by atoms with Gasteiger partial charge in [-0.15, -0.1) is 0 Å². The van der Waals surface area contributed by atoms with Crippen LogP contribution in [0.2, 0.25) is 0 Å². The van der Waals surface area contributed by atoms with Gasteiger partial charge in [0, 0.05) is 5.56 Å². The first kappa shape index (κ1) is 23.8. The Labute approximate surface area is 192 Å². The molecule has 4 N–H and O–H groups in total. The van der Waals surface area contributed by atoms with Crippen molar-refractivity contribution in [2.75, 3.05) is 19.5 Å². The molecule has 1 amide bonds. The molecule has 0 aliphatic carbocycles. The van der Waals surface area contributed by atoms with Crippen molar-refractivity contribution >= 4 is 28.5 Å². The lowest BCUT2D eigenvalue weighted by Gasteiger charge is -2.27. The number of methoxy groups -OCH3 is 1. The van der Waals surface area contributed by atoms with Gasteiger partial charge in [0.15, 0.2) is 0 Å². The summed E-state index contributed by atoms with van der Waals surface area (Å²) in [6.07, 6.45) is 0.652. The third kappa shape index (κ3) is 5.00. The van der Waals surface area contributed by atoms with Gasteiger partial charge in [-0.3, -0.25) is 9.78 Å². The number of aromatic carboxylic acids is 1. The molecule has 0 saturated heterocycles. The number of nitrogens with one attached hydrogen (secondary N) is 1. The number of fused-ring (bicyclic) bond motifs is 1. The fourth-order valence-corrected chi connectivity index (χ4v) is 3.65. The van der Waals surface area contributed by atoms with E-state index in [9.17, 15) is 14.7 Å². The number of carboxylic acids is 1. The van der Waals surface area contributed by atoms with Crippen molar-refractivity contribution in [1.82, 2.24) is 10.3 Å². The van der Waals surface area contributed by atoms with Gasteiger partial charge >= 0.3 is 5.97 Å². The molecule has 33 heavy (non-hydrogen) atoms. The third-order valence-corrected chi connectivity index (χ3v) is 5.38. The van der Waals surface area contributed by atoms with Crippen LogP contribution in [0.1, 0.15) is 52.7 Å². The Balaban J connectivity index is 1.90. The second-order valence-corrected chi connectivity index (χ2v) is 8.45. The Kier molecular flexibility index (Phi) is 6.76. The number of ether oxygens (including phenoxy) is 2. The molecule has 0 aliphatic rings. The zero-order chi connectivity index (χ0) is 24.3. The van der Waals surface area contributed by atoms with E-state index < -0.39 is 11.5 Å². The summed E-state index contributed by atoms with van der Waals surface area (Å²) in [6, 6.07) is 10.5. The summed E-state index contributed by atoms with van der Waals surface area (Å²) in [7, 11) is 1.57. The number of anilines is 1. The second-order valence-electron chi connectivity index (χ2n) is 8.45. The minimum Gasteiger partial charge on any atom is -0.497 e. The number of aryl methyl sites for hydroxylation is 2. The number of carbonyl (C=O) groups is 2. The lowest BCUT2D eigenvalue weighted by atomic mass is 10.0. The molecule has 2 aromatic carbocycles. The standard InChI is InChI=1S/C25H29N3O5/c1-6-15-9-12-18-20(21(26)19(24(30)31)14(2)27-18)22(15)33-13-25(3,4)28-23(29)16-7-10-17(32-5)11-8-16/h7-12H,6,13H2,1-5H3,(H2,26,27)(H,28,29)(H,30,31). The summed E-state index contributed by atoms with van der Waals surface area (Å²) in [5, 5.41) is 13.0. The molecule has 0 atom stereocenters. The first-order valence-corrected chi connectivity index (χ1v) is 10.6. The van der Waals surface area contributed by atoms with E-state index in [1.54, 1.807) is 38.3 Å². The highest BCUT2D eigenvalue weighted by Gasteiger charge is 2.25. The van der Waals surface area contributed by atoms with Gasteiger partial charge < -0.3 is 25.6 Å². The minimum atomic E-state index is -1.14. The molecule has 0 spiro atoms. The maximum absolute atomic E-state index is 12.7. The largest absolute Gasteiger partial charge is 0.497 e. The molecular formula is C25H29N3O5. The number of nitrogen functional groups attached to an aromatic ring is 1. The van der Waals surface area contributed by atoms with E-state index in [4.69, 9.17) is 15.2 Å². The molecule has 0 aliphatic heterocycles. The Morgan fingerprint density at radius 1 is 1.15 bits per heavy atom. The summed E-state index contributed by atoms with van der Waals surface area (Å²) < 4.78 is 11.3. The first-order valence-electron chi connectivity index (χ1n) is 10.6. The lowest BCUT2D eigenvalue weighted by molar-refractivity contribution is 0.0696. The molecule has 0 fully saturated rings. The van der Waals surface area contributed by atoms with Crippen LogP contribution in [0.3, 0.4) is 0 Å². The highest BCUT2D eigenvalue weighted by molar-refractivity contribution is 6.07. The van der Waals surface area contributed by atoms with E-state index in [2.05, 4.69) is 10.3 Å². The van der Waals surface area contributed by atoms with Crippen molar-refractivity contribution < 1.29 is 24.2 Å². The molecule has 8 nitrogen and oxygen atoms in total. The first-order chi connectivity index (χ1) is 15.6. The highest BCUT2D eigenvalue weighted by atomic mass is 16.5. The average Bonchev–Trinajstić information content (AvgIpc) is 2.76. The van der Waals surface area contributed by atoms with Crippen LogP contribution >= 0.6 is 0 Å². The maximum atomic E-state index is 12.7. The van der Waals surface area contributed by atoms with Crippen LogP contribution in [-0.4, -0.2) is 41.2 Å². The van der Waals surface area contributed by atoms with E-state index >= 15 is 0 Å². The van der Waals surface area contributed by atoms with Gasteiger partial charge in [-0.1, -0.05) is 13.0 Å². The lowest BCUT2D eigenvalue weighted by Crippen LogP contribution is -2.47. The van der Waals surface area contributed by atoms with Crippen molar-refractivity contribution in [1.29, 1.82) is 0 Å². The number of nitrogens with zero attached hydrogens (tertiary/aromatic N) is 1. The predicted molar refractivity (Wildman–Crippen MR) is 127 cm³/mol. The van der Waals surface area contributed by atoms with Gasteiger partial charge in [-0.25, -0.2) is 4.79 Å². The number of carboxylic acid groups (broad SMARTS) is 1. The van der Waals surface area contributed by atoms with Crippen LogP contribution in [0.15, 0.2) is 36.4 Å². The Morgan fingerprint density at radius 2 is 1.82 bits per heavy atom. The predicted octanol–water partition coefficient (Wildman–Crippen LogP) is 3.98. The van der Waals surface area contributed by atoms with Crippen LogP contribution in [-0.2, 0) is 6.42 Å². The fraction of sp³-hybridized carbons (Fsp3) is 0.320. The molecule has 3 aromatic rings. The topological polar surface area (TPSA) is 124 Å². The molecule has 0 unspecified atom stereocenters. The Bertz CT molecular complexity index is 1200. The Hall–Kier alpha value is -3.81. The highest BCUT2D eigenvalue weighted by Crippen LogP contribution is 2.37.